The van der Waals surface area contributed by atoms with Crippen molar-refractivity contribution in [1.29, 1.82) is 0 Å². The first-order valence-electron chi connectivity index (χ1n) is 13.1. The van der Waals surface area contributed by atoms with E-state index >= 15 is 0 Å². The topological polar surface area (TPSA) is 105 Å². The second-order valence-electron chi connectivity index (χ2n) is 10.6. The maximum Gasteiger partial charge on any atom is 0.430 e. The van der Waals surface area contributed by atoms with Gasteiger partial charge < -0.3 is 25.7 Å². The number of hydrogen-bond donors (Lipinski definition) is 4. The first-order chi connectivity index (χ1) is 19.5. The molecule has 1 aliphatic carbocycles. The summed E-state index contributed by atoms with van der Waals surface area (Å²) >= 11 is 0. The molecule has 2 aliphatic rings. The van der Waals surface area contributed by atoms with E-state index in [2.05, 4.69) is 10.6 Å². The minimum absolute atomic E-state index is 0.0355. The van der Waals surface area contributed by atoms with Crippen LogP contribution in [0.2, 0.25) is 0 Å². The average Bonchev–Trinajstić information content (AvgIpc) is 2.90. The number of aliphatic hydroxyl groups is 2. The van der Waals surface area contributed by atoms with Gasteiger partial charge in [0.2, 0.25) is 0 Å². The number of carbonyl (C=O) groups is 2. The van der Waals surface area contributed by atoms with Gasteiger partial charge in [-0.25, -0.2) is 9.18 Å². The molecule has 0 bridgehead atoms. The third-order valence-electron chi connectivity index (χ3n) is 7.58. The molecule has 2 aromatic carbocycles. The van der Waals surface area contributed by atoms with Gasteiger partial charge in [0, 0.05) is 50.4 Å². The number of anilines is 1. The van der Waals surface area contributed by atoms with E-state index in [4.69, 9.17) is 0 Å². The molecule has 3 amide bonds. The Hall–Kier alpha value is -3.43. The van der Waals surface area contributed by atoms with Crippen molar-refractivity contribution in [3.8, 4) is 0 Å². The maximum atomic E-state index is 14.6. The number of piperazine rings is 1. The standard InChI is InChI=1S/C27H29F7N4O4/c28-20-14-18(4-7-21(20)36-23(40)35-16-24(41)8-1-9-24)22(39)38-12-10-37(11-13-38)15-17-2-5-19(6-3-17)25(42,26(29,30)31)27(32,33)34/h2-7,14,41-42H,1,8-13,15-16H2,(H2,35,36,40). The van der Waals surface area contributed by atoms with Crippen molar-refractivity contribution in [2.45, 2.75) is 49.4 Å². The molecule has 0 spiro atoms. The second kappa shape index (κ2) is 11.7. The Morgan fingerprint density at radius 3 is 2.00 bits per heavy atom. The van der Waals surface area contributed by atoms with Crippen molar-refractivity contribution < 1.29 is 50.5 Å². The fourth-order valence-electron chi connectivity index (χ4n) is 4.81. The van der Waals surface area contributed by atoms with Crippen molar-refractivity contribution in [2.24, 2.45) is 0 Å². The van der Waals surface area contributed by atoms with Crippen LogP contribution in [-0.4, -0.2) is 82.6 Å². The molecule has 1 heterocycles. The third kappa shape index (κ3) is 6.63. The summed E-state index contributed by atoms with van der Waals surface area (Å²) in [7, 11) is 0. The highest BCUT2D eigenvalue weighted by atomic mass is 19.4. The molecule has 0 atom stereocenters. The normalized spacial score (nSPS) is 17.9. The fourth-order valence-corrected chi connectivity index (χ4v) is 4.81. The molecule has 15 heteroatoms. The van der Waals surface area contributed by atoms with E-state index in [0.717, 1.165) is 24.6 Å². The number of nitrogens with one attached hydrogen (secondary N) is 2. The lowest BCUT2D eigenvalue weighted by molar-refractivity contribution is -0.376. The quantitative estimate of drug-likeness (QED) is 0.355. The Morgan fingerprint density at radius 2 is 1.50 bits per heavy atom. The van der Waals surface area contributed by atoms with Crippen LogP contribution < -0.4 is 10.6 Å². The zero-order valence-corrected chi connectivity index (χ0v) is 22.2. The first-order valence-corrected chi connectivity index (χ1v) is 13.1. The van der Waals surface area contributed by atoms with Crippen LogP contribution in [0, 0.1) is 5.82 Å². The molecule has 2 fully saturated rings. The molecule has 42 heavy (non-hydrogen) atoms. The minimum atomic E-state index is -5.97. The molecule has 8 nitrogen and oxygen atoms in total. The van der Waals surface area contributed by atoms with E-state index in [9.17, 15) is 50.5 Å². The van der Waals surface area contributed by atoms with Gasteiger partial charge in [-0.05, 0) is 43.0 Å². The van der Waals surface area contributed by atoms with Gasteiger partial charge in [-0.15, -0.1) is 0 Å². The molecule has 1 saturated heterocycles. The zero-order valence-electron chi connectivity index (χ0n) is 22.2. The van der Waals surface area contributed by atoms with Crippen LogP contribution in [0.15, 0.2) is 42.5 Å². The van der Waals surface area contributed by atoms with Gasteiger partial charge >= 0.3 is 18.4 Å². The van der Waals surface area contributed by atoms with E-state index in [1.807, 2.05) is 4.90 Å². The van der Waals surface area contributed by atoms with E-state index < -0.39 is 46.9 Å². The number of halogens is 7. The molecule has 1 saturated carbocycles. The predicted octanol–water partition coefficient (Wildman–Crippen LogP) is 4.13. The molecule has 0 aromatic heterocycles. The van der Waals surface area contributed by atoms with Gasteiger partial charge in [0.15, 0.2) is 0 Å². The van der Waals surface area contributed by atoms with Crippen LogP contribution in [-0.2, 0) is 12.1 Å². The Balaban J connectivity index is 1.29. The SMILES string of the molecule is O=C(NCC1(O)CCC1)Nc1ccc(C(=O)N2CCN(Cc3ccc(C(O)(C(F)(F)F)C(F)(F)F)cc3)CC2)cc1F. The van der Waals surface area contributed by atoms with Crippen molar-refractivity contribution in [3.63, 3.8) is 0 Å². The van der Waals surface area contributed by atoms with Gasteiger partial charge in [-0.2, -0.15) is 26.3 Å². The average molecular weight is 607 g/mol. The molecule has 4 N–H and O–H groups in total. The van der Waals surface area contributed by atoms with Crippen LogP contribution in [0.4, 0.5) is 41.2 Å². The van der Waals surface area contributed by atoms with Crippen molar-refractivity contribution in [2.75, 3.05) is 38.0 Å². The molecule has 230 valence electrons. The molecule has 2 aromatic rings. The van der Waals surface area contributed by atoms with Crippen molar-refractivity contribution in [1.82, 2.24) is 15.1 Å². The largest absolute Gasteiger partial charge is 0.430 e. The van der Waals surface area contributed by atoms with Crippen LogP contribution in [0.1, 0.15) is 40.7 Å². The van der Waals surface area contributed by atoms with Gasteiger partial charge in [-0.3, -0.25) is 9.69 Å². The van der Waals surface area contributed by atoms with E-state index in [1.54, 1.807) is 0 Å². The summed E-state index contributed by atoms with van der Waals surface area (Å²) in [4.78, 5) is 28.3. The van der Waals surface area contributed by atoms with Gasteiger partial charge in [-0.1, -0.05) is 24.3 Å². The summed E-state index contributed by atoms with van der Waals surface area (Å²) in [5, 5.41) is 24.4. The van der Waals surface area contributed by atoms with Crippen LogP contribution in [0.25, 0.3) is 0 Å². The summed E-state index contributed by atoms with van der Waals surface area (Å²) in [5.74, 6) is -1.29. The van der Waals surface area contributed by atoms with Crippen LogP contribution in [0.3, 0.4) is 0 Å². The lowest BCUT2D eigenvalue weighted by Gasteiger charge is -2.36. The lowest BCUT2D eigenvalue weighted by Crippen LogP contribution is -2.53. The molecule has 1 aliphatic heterocycles. The predicted molar refractivity (Wildman–Crippen MR) is 136 cm³/mol. The monoisotopic (exact) mass is 606 g/mol. The first kappa shape index (κ1) is 31.5. The fraction of sp³-hybridized carbons (Fsp3) is 0.481. The number of urea groups is 1. The van der Waals surface area contributed by atoms with Crippen LogP contribution >= 0.6 is 0 Å². The van der Waals surface area contributed by atoms with Crippen molar-refractivity contribution in [3.05, 3.63) is 65.0 Å². The number of amides is 3. The minimum Gasteiger partial charge on any atom is -0.388 e. The Labute approximate surface area is 236 Å². The van der Waals surface area contributed by atoms with E-state index in [1.165, 1.54) is 17.0 Å². The summed E-state index contributed by atoms with van der Waals surface area (Å²) < 4.78 is 93.2. The highest BCUT2D eigenvalue weighted by Crippen LogP contribution is 2.50. The van der Waals surface area contributed by atoms with E-state index in [-0.39, 0.29) is 37.4 Å². The van der Waals surface area contributed by atoms with Crippen LogP contribution in [0.5, 0.6) is 0 Å². The van der Waals surface area contributed by atoms with Gasteiger partial charge in [0.05, 0.1) is 11.3 Å². The third-order valence-corrected chi connectivity index (χ3v) is 7.58. The highest BCUT2D eigenvalue weighted by molar-refractivity contribution is 5.95. The number of alkyl halides is 6. The Morgan fingerprint density at radius 1 is 0.905 bits per heavy atom. The van der Waals surface area contributed by atoms with Crippen molar-refractivity contribution >= 4 is 17.6 Å². The summed E-state index contributed by atoms with van der Waals surface area (Å²) in [5.41, 5.74) is -6.98. The van der Waals surface area contributed by atoms with Gasteiger partial charge in [0.1, 0.15) is 5.82 Å². The summed E-state index contributed by atoms with van der Waals surface area (Å²) in [6.45, 7) is 1.33. The molecular weight excluding hydrogens is 577 g/mol. The zero-order chi connectivity index (χ0) is 30.9. The number of rotatable bonds is 7. The lowest BCUT2D eigenvalue weighted by atomic mass is 9.80. The highest BCUT2D eigenvalue weighted by Gasteiger charge is 2.71. The molecular formula is C27H29F7N4O4. The van der Waals surface area contributed by atoms with Gasteiger partial charge in [0.25, 0.3) is 11.5 Å². The number of benzene rings is 2. The number of hydrogen-bond acceptors (Lipinski definition) is 5. The molecule has 0 radical (unpaired) electrons. The molecule has 0 unspecified atom stereocenters. The smallest absolute Gasteiger partial charge is 0.388 e. The maximum absolute atomic E-state index is 14.6. The summed E-state index contributed by atoms with van der Waals surface area (Å²) in [6.07, 6.45) is -9.93. The number of nitrogens with zero attached hydrogens (tertiary/aromatic N) is 2. The Kier molecular flexibility index (Phi) is 8.77. The van der Waals surface area contributed by atoms with E-state index in [0.29, 0.717) is 43.6 Å². The Bertz CT molecular complexity index is 1270. The summed E-state index contributed by atoms with van der Waals surface area (Å²) in [6, 6.07) is 6.22. The second-order valence-corrected chi connectivity index (χ2v) is 10.6. The number of carbonyl (C=O) groups excluding carboxylic acids is 2. The molecule has 4 rings (SSSR count).